The van der Waals surface area contributed by atoms with E-state index in [-0.39, 0.29) is 6.10 Å². The highest BCUT2D eigenvalue weighted by molar-refractivity contribution is 5.07. The Morgan fingerprint density at radius 1 is 1.67 bits per heavy atom. The van der Waals surface area contributed by atoms with Crippen molar-refractivity contribution in [3.05, 3.63) is 11.6 Å². The zero-order valence-electron chi connectivity index (χ0n) is 9.87. The van der Waals surface area contributed by atoms with Gasteiger partial charge >= 0.3 is 0 Å². The van der Waals surface area contributed by atoms with E-state index in [1.165, 1.54) is 5.57 Å². The van der Waals surface area contributed by atoms with Crippen molar-refractivity contribution in [3.8, 4) is 12.3 Å². The fourth-order valence-electron chi connectivity index (χ4n) is 2.54. The lowest BCUT2D eigenvalue weighted by molar-refractivity contribution is 0.0835. The maximum atomic E-state index is 10.0. The molecule has 0 saturated carbocycles. The summed E-state index contributed by atoms with van der Waals surface area (Å²) < 4.78 is 0. The van der Waals surface area contributed by atoms with Gasteiger partial charge in [-0.1, -0.05) is 18.6 Å². The Hall–Kier alpha value is -0.740. The molecule has 3 atom stereocenters. The smallest absolute Gasteiger partial charge is 0.0572 e. The minimum Gasteiger partial charge on any atom is -0.393 e. The second-order valence-electron chi connectivity index (χ2n) is 4.85. The summed E-state index contributed by atoms with van der Waals surface area (Å²) in [5, 5.41) is 10.0. The molecule has 1 nitrogen and oxygen atoms in total. The van der Waals surface area contributed by atoms with Gasteiger partial charge in [0.2, 0.25) is 0 Å². The van der Waals surface area contributed by atoms with Crippen LogP contribution in [-0.2, 0) is 0 Å². The van der Waals surface area contributed by atoms with Crippen LogP contribution in [0.4, 0.5) is 0 Å². The molecule has 0 radical (unpaired) electrons. The SMILES string of the molecule is C#CCCCC(O)C1CC(C)=CC(C)C1. The first-order valence-corrected chi connectivity index (χ1v) is 5.92. The zero-order chi connectivity index (χ0) is 11.3. The lowest BCUT2D eigenvalue weighted by Gasteiger charge is -2.29. The van der Waals surface area contributed by atoms with Crippen molar-refractivity contribution in [2.75, 3.05) is 0 Å². The van der Waals surface area contributed by atoms with Crippen LogP contribution >= 0.6 is 0 Å². The minimum absolute atomic E-state index is 0.163. The molecule has 1 aliphatic carbocycles. The molecule has 0 amide bonds. The van der Waals surface area contributed by atoms with Crippen LogP contribution in [0.1, 0.15) is 46.0 Å². The predicted molar refractivity (Wildman–Crippen MR) is 64.3 cm³/mol. The van der Waals surface area contributed by atoms with E-state index in [4.69, 9.17) is 6.42 Å². The Morgan fingerprint density at radius 2 is 2.40 bits per heavy atom. The molecule has 3 unspecified atom stereocenters. The minimum atomic E-state index is -0.163. The van der Waals surface area contributed by atoms with Crippen LogP contribution < -0.4 is 0 Å². The molecule has 15 heavy (non-hydrogen) atoms. The summed E-state index contributed by atoms with van der Waals surface area (Å²) in [6.07, 6.45) is 12.1. The molecule has 84 valence electrons. The Balaban J connectivity index is 2.37. The standard InChI is InChI=1S/C14H22O/c1-4-5-6-7-14(15)13-9-11(2)8-12(3)10-13/h1,8,11,13-15H,5-7,9-10H2,2-3H3. The maximum absolute atomic E-state index is 10.0. The number of hydrogen-bond acceptors (Lipinski definition) is 1. The zero-order valence-corrected chi connectivity index (χ0v) is 9.87. The van der Waals surface area contributed by atoms with Crippen molar-refractivity contribution in [1.82, 2.24) is 0 Å². The molecule has 0 aromatic carbocycles. The maximum Gasteiger partial charge on any atom is 0.0572 e. The average molecular weight is 206 g/mol. The average Bonchev–Trinajstić information content (AvgIpc) is 2.16. The molecule has 0 fully saturated rings. The summed E-state index contributed by atoms with van der Waals surface area (Å²) in [6.45, 7) is 4.39. The van der Waals surface area contributed by atoms with Gasteiger partial charge in [-0.2, -0.15) is 0 Å². The second kappa shape index (κ2) is 5.98. The van der Waals surface area contributed by atoms with Crippen molar-refractivity contribution in [1.29, 1.82) is 0 Å². The van der Waals surface area contributed by atoms with Gasteiger partial charge in [0.15, 0.2) is 0 Å². The first kappa shape index (κ1) is 12.3. The predicted octanol–water partition coefficient (Wildman–Crippen LogP) is 3.14. The first-order valence-electron chi connectivity index (χ1n) is 5.92. The van der Waals surface area contributed by atoms with E-state index in [9.17, 15) is 5.11 Å². The quantitative estimate of drug-likeness (QED) is 0.425. The molecule has 1 N–H and O–H groups in total. The van der Waals surface area contributed by atoms with Gasteiger partial charge in [-0.05, 0) is 44.4 Å². The highest BCUT2D eigenvalue weighted by Crippen LogP contribution is 2.31. The van der Waals surface area contributed by atoms with Crippen molar-refractivity contribution >= 4 is 0 Å². The monoisotopic (exact) mass is 206 g/mol. The molecule has 0 aromatic rings. The lowest BCUT2D eigenvalue weighted by Crippen LogP contribution is -2.25. The fraction of sp³-hybridized carbons (Fsp3) is 0.714. The van der Waals surface area contributed by atoms with Crippen LogP contribution in [0.5, 0.6) is 0 Å². The fourth-order valence-corrected chi connectivity index (χ4v) is 2.54. The molecule has 0 aliphatic heterocycles. The van der Waals surface area contributed by atoms with Gasteiger partial charge in [0, 0.05) is 6.42 Å². The van der Waals surface area contributed by atoms with E-state index in [2.05, 4.69) is 25.8 Å². The molecule has 0 aromatic heterocycles. The van der Waals surface area contributed by atoms with Crippen LogP contribution in [0.2, 0.25) is 0 Å². The van der Waals surface area contributed by atoms with Gasteiger partial charge in [0.1, 0.15) is 0 Å². The number of unbranched alkanes of at least 4 members (excludes halogenated alkanes) is 1. The van der Waals surface area contributed by atoms with Crippen molar-refractivity contribution in [2.45, 2.75) is 52.1 Å². The molecule has 1 rings (SSSR count). The number of allylic oxidation sites excluding steroid dienone is 2. The van der Waals surface area contributed by atoms with Crippen LogP contribution in [0.25, 0.3) is 0 Å². The van der Waals surface area contributed by atoms with Gasteiger partial charge in [-0.25, -0.2) is 0 Å². The van der Waals surface area contributed by atoms with Gasteiger partial charge < -0.3 is 5.11 Å². The molecule has 1 heteroatoms. The van der Waals surface area contributed by atoms with Crippen molar-refractivity contribution < 1.29 is 5.11 Å². The van der Waals surface area contributed by atoms with Gasteiger partial charge in [-0.3, -0.25) is 0 Å². The highest BCUT2D eigenvalue weighted by atomic mass is 16.3. The summed E-state index contributed by atoms with van der Waals surface area (Å²) >= 11 is 0. The van der Waals surface area contributed by atoms with E-state index in [0.29, 0.717) is 11.8 Å². The molecule has 1 aliphatic rings. The van der Waals surface area contributed by atoms with E-state index in [1.807, 2.05) is 0 Å². The number of aliphatic hydroxyl groups excluding tert-OH is 1. The van der Waals surface area contributed by atoms with Gasteiger partial charge in [-0.15, -0.1) is 12.3 Å². The summed E-state index contributed by atoms with van der Waals surface area (Å²) in [7, 11) is 0. The third kappa shape index (κ3) is 4.10. The van der Waals surface area contributed by atoms with Crippen LogP contribution in [0.15, 0.2) is 11.6 Å². The van der Waals surface area contributed by atoms with Crippen molar-refractivity contribution in [2.24, 2.45) is 11.8 Å². The van der Waals surface area contributed by atoms with E-state index in [1.54, 1.807) is 0 Å². The Morgan fingerprint density at radius 3 is 3.00 bits per heavy atom. The Labute approximate surface area is 93.6 Å². The van der Waals surface area contributed by atoms with Crippen LogP contribution in [-0.4, -0.2) is 11.2 Å². The molecular weight excluding hydrogens is 184 g/mol. The first-order chi connectivity index (χ1) is 7.13. The topological polar surface area (TPSA) is 20.2 Å². The molecular formula is C14H22O. The number of terminal acetylenes is 1. The van der Waals surface area contributed by atoms with E-state index >= 15 is 0 Å². The van der Waals surface area contributed by atoms with Crippen molar-refractivity contribution in [3.63, 3.8) is 0 Å². The van der Waals surface area contributed by atoms with E-state index < -0.39 is 0 Å². The van der Waals surface area contributed by atoms with Crippen LogP contribution in [0.3, 0.4) is 0 Å². The largest absolute Gasteiger partial charge is 0.393 e. The summed E-state index contributed by atoms with van der Waals surface area (Å²) in [6, 6.07) is 0. The van der Waals surface area contributed by atoms with Gasteiger partial charge in [0.05, 0.1) is 6.10 Å². The number of rotatable bonds is 4. The van der Waals surface area contributed by atoms with E-state index in [0.717, 1.165) is 32.1 Å². The highest BCUT2D eigenvalue weighted by Gasteiger charge is 2.24. The third-order valence-corrected chi connectivity index (χ3v) is 3.19. The summed E-state index contributed by atoms with van der Waals surface area (Å²) in [4.78, 5) is 0. The molecule has 0 spiro atoms. The number of hydrogen-bond donors (Lipinski definition) is 1. The molecule has 0 bridgehead atoms. The lowest BCUT2D eigenvalue weighted by atomic mass is 9.79. The summed E-state index contributed by atoms with van der Waals surface area (Å²) in [5.74, 6) is 3.68. The second-order valence-corrected chi connectivity index (χ2v) is 4.85. The molecule has 0 heterocycles. The Bertz CT molecular complexity index is 259. The van der Waals surface area contributed by atoms with Crippen LogP contribution in [0, 0.1) is 24.2 Å². The summed E-state index contributed by atoms with van der Waals surface area (Å²) in [5.41, 5.74) is 1.43. The molecule has 0 saturated heterocycles. The Kier molecular flexibility index (Phi) is 4.91. The normalized spacial score (nSPS) is 28.0. The third-order valence-electron chi connectivity index (χ3n) is 3.19. The van der Waals surface area contributed by atoms with Gasteiger partial charge in [0.25, 0.3) is 0 Å². The number of aliphatic hydroxyl groups is 1.